The summed E-state index contributed by atoms with van der Waals surface area (Å²) in [7, 11) is 5.57. The van der Waals surface area contributed by atoms with Crippen LogP contribution in [0.25, 0.3) is 11.3 Å². The van der Waals surface area contributed by atoms with Crippen LogP contribution in [0.1, 0.15) is 21.0 Å². The first-order valence-electron chi connectivity index (χ1n) is 13.8. The van der Waals surface area contributed by atoms with E-state index >= 15 is 4.39 Å². The van der Waals surface area contributed by atoms with Crippen molar-refractivity contribution in [1.82, 2.24) is 34.2 Å². The molecule has 1 aliphatic heterocycles. The molecule has 1 N–H and O–H groups in total. The normalized spacial score (nSPS) is 13.8. The van der Waals surface area contributed by atoms with E-state index in [4.69, 9.17) is 16.3 Å². The minimum atomic E-state index is -1.24. The molecule has 2 amide bonds. The summed E-state index contributed by atoms with van der Waals surface area (Å²) in [5.74, 6) is -3.64. The molecule has 1 fully saturated rings. The van der Waals surface area contributed by atoms with Gasteiger partial charge in [0.2, 0.25) is 5.82 Å². The van der Waals surface area contributed by atoms with Gasteiger partial charge in [-0.3, -0.25) is 14.5 Å². The van der Waals surface area contributed by atoms with Crippen LogP contribution in [0.15, 0.2) is 55.0 Å². The maximum absolute atomic E-state index is 15.1. The average molecular weight is 625 g/mol. The van der Waals surface area contributed by atoms with Gasteiger partial charge in [0.05, 0.1) is 22.5 Å². The smallest absolute Gasteiger partial charge is 0.321 e. The van der Waals surface area contributed by atoms with Crippen molar-refractivity contribution in [2.24, 2.45) is 7.05 Å². The van der Waals surface area contributed by atoms with Crippen LogP contribution in [0.2, 0.25) is 5.02 Å². The van der Waals surface area contributed by atoms with Crippen LogP contribution in [-0.4, -0.2) is 99.4 Å². The molecular weight excluding hydrogens is 594 g/mol. The topological polar surface area (TPSA) is 109 Å². The van der Waals surface area contributed by atoms with Crippen LogP contribution >= 0.6 is 11.6 Å². The van der Waals surface area contributed by atoms with Gasteiger partial charge < -0.3 is 24.4 Å². The Kier molecular flexibility index (Phi) is 9.47. The molecule has 0 saturated carbocycles. The van der Waals surface area contributed by atoms with Crippen LogP contribution in [-0.2, 0) is 7.05 Å². The molecular formula is C30H31ClF2N8O3. The third-order valence-corrected chi connectivity index (χ3v) is 7.55. The van der Waals surface area contributed by atoms with Crippen LogP contribution in [0, 0.1) is 11.6 Å². The lowest BCUT2D eigenvalue weighted by Gasteiger charge is -2.35. The van der Waals surface area contributed by atoms with Crippen LogP contribution in [0.5, 0.6) is 11.8 Å². The maximum atomic E-state index is 15.1. The summed E-state index contributed by atoms with van der Waals surface area (Å²) in [6.07, 6.45) is 4.08. The van der Waals surface area contributed by atoms with E-state index in [1.807, 2.05) is 14.1 Å². The summed E-state index contributed by atoms with van der Waals surface area (Å²) >= 11 is 6.47. The predicted octanol–water partition coefficient (Wildman–Crippen LogP) is 4.17. The number of carbonyl (C=O) groups excluding carboxylic acids is 2. The molecule has 4 aromatic rings. The summed E-state index contributed by atoms with van der Waals surface area (Å²) in [5, 5.41) is 2.90. The Hall–Kier alpha value is -4.46. The number of likely N-dealkylation sites (N-methyl/N-ethyl adjacent to an activating group) is 1. The fourth-order valence-electron chi connectivity index (χ4n) is 4.76. The monoisotopic (exact) mass is 624 g/mol. The number of anilines is 1. The van der Waals surface area contributed by atoms with E-state index in [9.17, 15) is 14.0 Å². The molecule has 0 aliphatic carbocycles. The third-order valence-electron chi connectivity index (χ3n) is 7.24. The van der Waals surface area contributed by atoms with Crippen molar-refractivity contribution in [3.8, 4) is 23.0 Å². The number of nitrogens with one attached hydrogen (secondary N) is 1. The summed E-state index contributed by atoms with van der Waals surface area (Å²) in [4.78, 5) is 44.2. The zero-order valence-corrected chi connectivity index (χ0v) is 25.2. The SMILES string of the molecule is CN(C)CCN1CCN(C(=O)c2ccc(NC(=O)c3ncc(-c4ccc(Oc5ncccn5)c(F)c4F)n3C)cc2Cl)CC1. The van der Waals surface area contributed by atoms with Crippen molar-refractivity contribution in [2.75, 3.05) is 58.7 Å². The molecule has 230 valence electrons. The number of carbonyl (C=O) groups is 2. The Morgan fingerprint density at radius 2 is 1.75 bits per heavy atom. The Morgan fingerprint density at radius 3 is 2.43 bits per heavy atom. The minimum absolute atomic E-state index is 0.0544. The zero-order chi connectivity index (χ0) is 31.4. The first kappa shape index (κ1) is 31.0. The highest BCUT2D eigenvalue weighted by atomic mass is 35.5. The maximum Gasteiger partial charge on any atom is 0.321 e. The molecule has 0 bridgehead atoms. The van der Waals surface area contributed by atoms with Crippen molar-refractivity contribution in [2.45, 2.75) is 0 Å². The lowest BCUT2D eigenvalue weighted by Crippen LogP contribution is -2.50. The summed E-state index contributed by atoms with van der Waals surface area (Å²) in [6, 6.07) is 8.63. The minimum Gasteiger partial charge on any atom is -0.421 e. The molecule has 11 nitrogen and oxygen atoms in total. The summed E-state index contributed by atoms with van der Waals surface area (Å²) in [5.41, 5.74) is 0.725. The van der Waals surface area contributed by atoms with Crippen LogP contribution in [0.3, 0.4) is 0 Å². The number of imidazole rings is 1. The van der Waals surface area contributed by atoms with Gasteiger partial charge in [-0.15, -0.1) is 0 Å². The number of hydrogen-bond donors (Lipinski definition) is 1. The van der Waals surface area contributed by atoms with E-state index in [2.05, 4.69) is 30.1 Å². The Labute approximate surface area is 258 Å². The van der Waals surface area contributed by atoms with Crippen molar-refractivity contribution in [1.29, 1.82) is 0 Å². The molecule has 1 aliphatic rings. The average Bonchev–Trinajstić information content (AvgIpc) is 3.40. The molecule has 5 rings (SSSR count). The van der Waals surface area contributed by atoms with E-state index in [0.29, 0.717) is 24.3 Å². The molecule has 2 aromatic heterocycles. The van der Waals surface area contributed by atoms with Crippen molar-refractivity contribution < 1.29 is 23.1 Å². The van der Waals surface area contributed by atoms with Gasteiger partial charge in [0, 0.05) is 70.0 Å². The van der Waals surface area contributed by atoms with Gasteiger partial charge in [0.15, 0.2) is 17.4 Å². The van der Waals surface area contributed by atoms with Gasteiger partial charge in [-0.2, -0.15) is 4.39 Å². The Balaban J connectivity index is 1.24. The van der Waals surface area contributed by atoms with Crippen LogP contribution < -0.4 is 10.1 Å². The number of benzene rings is 2. The largest absolute Gasteiger partial charge is 0.421 e. The second-order valence-corrected chi connectivity index (χ2v) is 10.9. The number of nitrogens with zero attached hydrogens (tertiary/aromatic N) is 7. The molecule has 14 heteroatoms. The molecule has 0 unspecified atom stereocenters. The number of amides is 2. The number of ether oxygens (including phenoxy) is 1. The second-order valence-electron chi connectivity index (χ2n) is 10.5. The molecule has 44 heavy (non-hydrogen) atoms. The van der Waals surface area contributed by atoms with Crippen molar-refractivity contribution >= 4 is 29.1 Å². The molecule has 2 aromatic carbocycles. The molecule has 0 spiro atoms. The highest BCUT2D eigenvalue weighted by Crippen LogP contribution is 2.32. The number of aromatic nitrogens is 4. The summed E-state index contributed by atoms with van der Waals surface area (Å²) < 4.78 is 36.5. The quantitative estimate of drug-likeness (QED) is 0.296. The fraction of sp³-hybridized carbons (Fsp3) is 0.300. The second kappa shape index (κ2) is 13.5. The van der Waals surface area contributed by atoms with E-state index < -0.39 is 23.3 Å². The highest BCUT2D eigenvalue weighted by Gasteiger charge is 2.25. The standard InChI is InChI=1S/C30H31ClF2N8O3/c1-38(2)11-12-40-13-15-41(16-14-40)29(43)20-6-5-19(17-22(20)31)37-28(42)27-36-18-23(39(27)3)21-7-8-24(26(33)25(21)32)44-30-34-9-4-10-35-30/h4-10,17-18H,11-16H2,1-3H3,(H,37,42). The molecule has 3 heterocycles. The molecule has 1 saturated heterocycles. The van der Waals surface area contributed by atoms with Gasteiger partial charge in [0.25, 0.3) is 11.8 Å². The van der Waals surface area contributed by atoms with Crippen LogP contribution in [0.4, 0.5) is 14.5 Å². The first-order valence-corrected chi connectivity index (χ1v) is 14.2. The van der Waals surface area contributed by atoms with Gasteiger partial charge in [0.1, 0.15) is 0 Å². The number of hydrogen-bond acceptors (Lipinski definition) is 8. The van der Waals surface area contributed by atoms with Gasteiger partial charge in [-0.1, -0.05) is 11.6 Å². The predicted molar refractivity (Wildman–Crippen MR) is 161 cm³/mol. The van der Waals surface area contributed by atoms with E-state index in [1.54, 1.807) is 23.1 Å². The van der Waals surface area contributed by atoms with Gasteiger partial charge in [-0.25, -0.2) is 19.3 Å². The first-order chi connectivity index (χ1) is 21.1. The molecule has 0 atom stereocenters. The summed E-state index contributed by atoms with van der Waals surface area (Å²) in [6.45, 7) is 4.67. The number of rotatable bonds is 9. The van der Waals surface area contributed by atoms with Crippen molar-refractivity contribution in [3.63, 3.8) is 0 Å². The zero-order valence-electron chi connectivity index (χ0n) is 24.4. The van der Waals surface area contributed by atoms with Gasteiger partial charge >= 0.3 is 6.01 Å². The lowest BCUT2D eigenvalue weighted by atomic mass is 10.1. The highest BCUT2D eigenvalue weighted by molar-refractivity contribution is 6.34. The van der Waals surface area contributed by atoms with E-state index in [1.165, 1.54) is 48.4 Å². The number of halogens is 3. The van der Waals surface area contributed by atoms with E-state index in [-0.39, 0.29) is 34.0 Å². The van der Waals surface area contributed by atoms with E-state index in [0.717, 1.165) is 26.2 Å². The third kappa shape index (κ3) is 6.85. The number of piperazine rings is 1. The lowest BCUT2D eigenvalue weighted by molar-refractivity contribution is 0.0630. The molecule has 0 radical (unpaired) electrons. The Morgan fingerprint density at radius 1 is 1.02 bits per heavy atom. The van der Waals surface area contributed by atoms with Crippen molar-refractivity contribution in [3.05, 3.63) is 83.0 Å². The Bertz CT molecular complexity index is 1660. The fourth-order valence-corrected chi connectivity index (χ4v) is 5.02. The van der Waals surface area contributed by atoms with Gasteiger partial charge in [-0.05, 0) is 50.5 Å².